The van der Waals surface area contributed by atoms with Gasteiger partial charge in [-0.15, -0.1) is 0 Å². The van der Waals surface area contributed by atoms with Crippen molar-refractivity contribution in [2.24, 2.45) is 5.10 Å². The van der Waals surface area contributed by atoms with Crippen LogP contribution in [0.5, 0.6) is 5.75 Å². The first-order valence-corrected chi connectivity index (χ1v) is 9.27. The number of hydrogen-bond donors (Lipinski definition) is 1. The van der Waals surface area contributed by atoms with E-state index in [9.17, 15) is 14.9 Å². The molecule has 0 aliphatic rings. The fourth-order valence-corrected chi connectivity index (χ4v) is 2.92. The molecule has 0 radical (unpaired) electrons. The Morgan fingerprint density at radius 2 is 1.87 bits per heavy atom. The van der Waals surface area contributed by atoms with Crippen LogP contribution in [0.1, 0.15) is 16.9 Å². The smallest absolute Gasteiger partial charge is 0.277 e. The van der Waals surface area contributed by atoms with Gasteiger partial charge in [-0.2, -0.15) is 5.10 Å². The van der Waals surface area contributed by atoms with Gasteiger partial charge in [-0.1, -0.05) is 11.6 Å². The number of carbonyl (C=O) groups excluding carboxylic acids is 1. The van der Waals surface area contributed by atoms with E-state index in [1.807, 2.05) is 12.1 Å². The zero-order chi connectivity index (χ0) is 21.7. The quantitative estimate of drug-likeness (QED) is 0.335. The maximum atomic E-state index is 12.0. The summed E-state index contributed by atoms with van der Waals surface area (Å²) in [6.07, 6.45) is 1.37. The molecule has 0 spiro atoms. The number of rotatable bonds is 7. The largest absolute Gasteiger partial charge is 0.483 e. The van der Waals surface area contributed by atoms with Gasteiger partial charge in [-0.25, -0.2) is 5.43 Å². The fraction of sp³-hybridized carbons (Fsp3) is 0.143. The first-order valence-electron chi connectivity index (χ1n) is 8.89. The molecule has 9 heteroatoms. The van der Waals surface area contributed by atoms with Gasteiger partial charge in [-0.3, -0.25) is 14.9 Å². The van der Waals surface area contributed by atoms with E-state index in [0.717, 1.165) is 5.56 Å². The molecule has 0 aliphatic carbocycles. The third-order valence-electron chi connectivity index (χ3n) is 4.14. The summed E-state index contributed by atoms with van der Waals surface area (Å²) in [6.45, 7) is 3.08. The molecule has 0 aliphatic heterocycles. The summed E-state index contributed by atoms with van der Waals surface area (Å²) in [5, 5.41) is 15.4. The maximum absolute atomic E-state index is 12.0. The fourth-order valence-electron chi connectivity index (χ4n) is 2.79. The van der Waals surface area contributed by atoms with E-state index in [1.165, 1.54) is 18.3 Å². The molecule has 30 heavy (non-hydrogen) atoms. The van der Waals surface area contributed by atoms with Gasteiger partial charge in [0.05, 0.1) is 11.1 Å². The highest BCUT2D eigenvalue weighted by molar-refractivity contribution is 6.30. The molecule has 8 nitrogen and oxygen atoms in total. The Hall–Kier alpha value is -3.65. The van der Waals surface area contributed by atoms with Crippen LogP contribution in [0.25, 0.3) is 11.3 Å². The Bertz CT molecular complexity index is 1080. The average molecular weight is 428 g/mol. The molecule has 1 aromatic heterocycles. The van der Waals surface area contributed by atoms with Crippen LogP contribution in [0.15, 0.2) is 58.0 Å². The van der Waals surface area contributed by atoms with Crippen LogP contribution in [0.4, 0.5) is 5.69 Å². The van der Waals surface area contributed by atoms with Gasteiger partial charge < -0.3 is 9.15 Å². The highest BCUT2D eigenvalue weighted by atomic mass is 35.5. The molecular formula is C21H18ClN3O5. The summed E-state index contributed by atoms with van der Waals surface area (Å²) in [5.41, 5.74) is 4.33. The normalized spacial score (nSPS) is 10.9. The number of halogens is 1. The van der Waals surface area contributed by atoms with Gasteiger partial charge in [0, 0.05) is 22.7 Å². The highest BCUT2D eigenvalue weighted by Gasteiger charge is 2.14. The van der Waals surface area contributed by atoms with Crippen LogP contribution in [0, 0.1) is 24.0 Å². The second-order valence-corrected chi connectivity index (χ2v) is 6.89. The topological polar surface area (TPSA) is 107 Å². The molecule has 0 saturated carbocycles. The zero-order valence-corrected chi connectivity index (χ0v) is 17.0. The molecule has 0 unspecified atom stereocenters. The van der Waals surface area contributed by atoms with Crippen molar-refractivity contribution in [2.45, 2.75) is 13.8 Å². The Morgan fingerprint density at radius 1 is 1.20 bits per heavy atom. The Balaban J connectivity index is 1.55. The predicted octanol–water partition coefficient (Wildman–Crippen LogP) is 4.65. The minimum atomic E-state index is -0.479. The lowest BCUT2D eigenvalue weighted by atomic mass is 10.1. The third kappa shape index (κ3) is 5.24. The molecule has 2 aromatic carbocycles. The van der Waals surface area contributed by atoms with E-state index in [2.05, 4.69) is 10.5 Å². The predicted molar refractivity (Wildman–Crippen MR) is 113 cm³/mol. The van der Waals surface area contributed by atoms with Crippen molar-refractivity contribution in [3.05, 3.63) is 80.6 Å². The Labute approximate surface area is 177 Å². The van der Waals surface area contributed by atoms with Gasteiger partial charge in [0.25, 0.3) is 11.6 Å². The van der Waals surface area contributed by atoms with E-state index in [4.69, 9.17) is 20.8 Å². The van der Waals surface area contributed by atoms with Crippen LogP contribution in [-0.4, -0.2) is 23.7 Å². The van der Waals surface area contributed by atoms with Crippen LogP contribution >= 0.6 is 11.6 Å². The summed E-state index contributed by atoms with van der Waals surface area (Å²) in [6, 6.07) is 13.5. The van der Waals surface area contributed by atoms with E-state index in [-0.39, 0.29) is 12.3 Å². The SMILES string of the molecule is Cc1cc([N+](=O)[O-])cc(C)c1OCC(=O)NN=Cc1ccc(-c2ccc(Cl)cc2)o1. The van der Waals surface area contributed by atoms with E-state index < -0.39 is 10.8 Å². The molecule has 154 valence electrons. The molecular weight excluding hydrogens is 410 g/mol. The van der Waals surface area contributed by atoms with Crippen molar-refractivity contribution < 1.29 is 18.9 Å². The van der Waals surface area contributed by atoms with Crippen molar-refractivity contribution in [3.8, 4) is 17.1 Å². The van der Waals surface area contributed by atoms with Crippen molar-refractivity contribution in [1.29, 1.82) is 0 Å². The molecule has 1 amide bonds. The number of hydrazone groups is 1. The van der Waals surface area contributed by atoms with Gasteiger partial charge in [0.15, 0.2) is 6.61 Å². The van der Waals surface area contributed by atoms with Crippen LogP contribution in [0.3, 0.4) is 0 Å². The van der Waals surface area contributed by atoms with Crippen LogP contribution in [-0.2, 0) is 4.79 Å². The maximum Gasteiger partial charge on any atom is 0.277 e. The average Bonchev–Trinajstić information content (AvgIpc) is 3.16. The summed E-state index contributed by atoms with van der Waals surface area (Å²) in [5.74, 6) is 1.06. The number of carbonyl (C=O) groups is 1. The number of ether oxygens (including phenoxy) is 1. The van der Waals surface area contributed by atoms with Crippen molar-refractivity contribution in [3.63, 3.8) is 0 Å². The molecule has 0 atom stereocenters. The summed E-state index contributed by atoms with van der Waals surface area (Å²) in [4.78, 5) is 22.4. The second kappa shape index (κ2) is 9.23. The standard InChI is InChI=1S/C21H18ClN3O5/c1-13-9-17(25(27)28)10-14(2)21(13)29-12-20(26)24-23-11-18-7-8-19(30-18)15-3-5-16(22)6-4-15/h3-11H,12H2,1-2H3,(H,24,26). The number of nitro benzene ring substituents is 1. The zero-order valence-electron chi connectivity index (χ0n) is 16.2. The van der Waals surface area contributed by atoms with Gasteiger partial charge in [-0.05, 0) is 61.4 Å². The lowest BCUT2D eigenvalue weighted by Crippen LogP contribution is -2.25. The number of non-ortho nitro benzene ring substituents is 1. The highest BCUT2D eigenvalue weighted by Crippen LogP contribution is 2.28. The van der Waals surface area contributed by atoms with E-state index in [1.54, 1.807) is 38.1 Å². The van der Waals surface area contributed by atoms with Gasteiger partial charge in [0.2, 0.25) is 0 Å². The minimum absolute atomic E-state index is 0.0252. The second-order valence-electron chi connectivity index (χ2n) is 6.46. The summed E-state index contributed by atoms with van der Waals surface area (Å²) in [7, 11) is 0. The first-order chi connectivity index (χ1) is 14.3. The van der Waals surface area contributed by atoms with E-state index in [0.29, 0.717) is 33.4 Å². The summed E-state index contributed by atoms with van der Waals surface area (Å²) >= 11 is 5.87. The number of benzene rings is 2. The number of aryl methyl sites for hydroxylation is 2. The molecule has 0 bridgehead atoms. The number of furan rings is 1. The van der Waals surface area contributed by atoms with E-state index >= 15 is 0 Å². The Morgan fingerprint density at radius 3 is 2.50 bits per heavy atom. The third-order valence-corrected chi connectivity index (χ3v) is 4.39. The van der Waals surface area contributed by atoms with Crippen molar-refractivity contribution in [2.75, 3.05) is 6.61 Å². The number of hydrogen-bond acceptors (Lipinski definition) is 6. The van der Waals surface area contributed by atoms with Gasteiger partial charge >= 0.3 is 0 Å². The van der Waals surface area contributed by atoms with Crippen LogP contribution < -0.4 is 10.2 Å². The summed E-state index contributed by atoms with van der Waals surface area (Å²) < 4.78 is 11.1. The first kappa shape index (κ1) is 21.1. The van der Waals surface area contributed by atoms with Crippen molar-refractivity contribution in [1.82, 2.24) is 5.43 Å². The lowest BCUT2D eigenvalue weighted by Gasteiger charge is -2.11. The molecule has 1 N–H and O–H groups in total. The number of nitrogens with zero attached hydrogens (tertiary/aromatic N) is 2. The lowest BCUT2D eigenvalue weighted by molar-refractivity contribution is -0.385. The molecule has 0 saturated heterocycles. The number of nitrogens with one attached hydrogen (secondary N) is 1. The number of nitro groups is 1. The van der Waals surface area contributed by atoms with Crippen molar-refractivity contribution >= 4 is 29.4 Å². The molecule has 3 aromatic rings. The number of amides is 1. The molecule has 1 heterocycles. The van der Waals surface area contributed by atoms with Gasteiger partial charge in [0.1, 0.15) is 17.3 Å². The Kier molecular flexibility index (Phi) is 6.48. The minimum Gasteiger partial charge on any atom is -0.483 e. The molecule has 0 fully saturated rings. The molecule has 3 rings (SSSR count). The van der Waals surface area contributed by atoms with Crippen LogP contribution in [0.2, 0.25) is 5.02 Å². The monoisotopic (exact) mass is 427 g/mol.